The molecule has 0 aliphatic heterocycles. The van der Waals surface area contributed by atoms with Gasteiger partial charge in [-0.05, 0) is 54.9 Å². The Bertz CT molecular complexity index is 973. The maximum absolute atomic E-state index is 12.6. The number of ether oxygens (including phenoxy) is 2. The first-order valence-corrected chi connectivity index (χ1v) is 10.4. The summed E-state index contributed by atoms with van der Waals surface area (Å²) in [6.07, 6.45) is 6.99. The van der Waals surface area contributed by atoms with Crippen molar-refractivity contribution in [2.45, 2.75) is 45.6 Å². The first-order valence-electron chi connectivity index (χ1n) is 10.4. The van der Waals surface area contributed by atoms with Crippen LogP contribution in [0.25, 0.3) is 5.57 Å². The van der Waals surface area contributed by atoms with Crippen LogP contribution in [0, 0.1) is 0 Å². The van der Waals surface area contributed by atoms with Gasteiger partial charge in [0.15, 0.2) is 0 Å². The Kier molecular flexibility index (Phi) is 5.70. The monoisotopic (exact) mass is 389 g/mol. The van der Waals surface area contributed by atoms with E-state index in [-0.39, 0.29) is 5.97 Å². The van der Waals surface area contributed by atoms with E-state index in [9.17, 15) is 4.79 Å². The highest BCUT2D eigenvalue weighted by Crippen LogP contribution is 2.42. The minimum Gasteiger partial charge on any atom is -0.488 e. The summed E-state index contributed by atoms with van der Waals surface area (Å²) < 4.78 is 11.7. The molecule has 0 heterocycles. The molecule has 0 bridgehead atoms. The molecule has 4 rings (SSSR count). The van der Waals surface area contributed by atoms with Crippen LogP contribution in [0.15, 0.2) is 59.8 Å². The maximum Gasteiger partial charge on any atom is 0.340 e. The van der Waals surface area contributed by atoms with Crippen LogP contribution in [0.2, 0.25) is 0 Å². The Balaban J connectivity index is 1.74. The van der Waals surface area contributed by atoms with Crippen molar-refractivity contribution in [3.63, 3.8) is 0 Å². The number of nitrogens with two attached hydrogens (primary N) is 1. The predicted molar refractivity (Wildman–Crippen MR) is 114 cm³/mol. The number of hydrogen-bond acceptors (Lipinski definition) is 4. The van der Waals surface area contributed by atoms with Gasteiger partial charge < -0.3 is 15.2 Å². The molecule has 0 unspecified atom stereocenters. The zero-order valence-corrected chi connectivity index (χ0v) is 16.9. The molecule has 0 saturated heterocycles. The molecule has 4 heteroatoms. The molecular weight excluding hydrogens is 362 g/mol. The van der Waals surface area contributed by atoms with Crippen LogP contribution in [0.1, 0.15) is 48.4 Å². The lowest BCUT2D eigenvalue weighted by atomic mass is 9.87. The van der Waals surface area contributed by atoms with Gasteiger partial charge in [-0.2, -0.15) is 0 Å². The van der Waals surface area contributed by atoms with Crippen molar-refractivity contribution in [2.75, 3.05) is 6.61 Å². The Hall–Kier alpha value is -3.01. The zero-order chi connectivity index (χ0) is 20.2. The fourth-order valence-electron chi connectivity index (χ4n) is 4.18. The lowest BCUT2D eigenvalue weighted by molar-refractivity contribution is -0.138. The quantitative estimate of drug-likeness (QED) is 0.727. The average molecular weight is 389 g/mol. The zero-order valence-electron chi connectivity index (χ0n) is 16.9. The highest BCUT2D eigenvalue weighted by atomic mass is 16.5. The van der Waals surface area contributed by atoms with Gasteiger partial charge >= 0.3 is 5.97 Å². The van der Waals surface area contributed by atoms with Gasteiger partial charge in [-0.1, -0.05) is 48.5 Å². The molecule has 29 heavy (non-hydrogen) atoms. The molecule has 2 N–H and O–H groups in total. The fraction of sp³-hybridized carbons (Fsp3) is 0.320. The normalized spacial score (nSPS) is 15.7. The van der Waals surface area contributed by atoms with E-state index in [1.165, 1.54) is 17.5 Å². The van der Waals surface area contributed by atoms with Gasteiger partial charge in [-0.15, -0.1) is 0 Å². The summed E-state index contributed by atoms with van der Waals surface area (Å²) in [4.78, 5) is 12.6. The van der Waals surface area contributed by atoms with Crippen LogP contribution in [-0.2, 0) is 29.0 Å². The predicted octanol–water partition coefficient (Wildman–Crippen LogP) is 4.71. The third kappa shape index (κ3) is 3.93. The molecule has 150 valence electrons. The van der Waals surface area contributed by atoms with Crippen LogP contribution in [-0.4, -0.2) is 12.6 Å². The highest BCUT2D eigenvalue weighted by molar-refractivity contribution is 6.09. The summed E-state index contributed by atoms with van der Waals surface area (Å²) in [6, 6.07) is 14.4. The second kappa shape index (κ2) is 8.56. The molecule has 0 fully saturated rings. The first kappa shape index (κ1) is 19.3. The topological polar surface area (TPSA) is 61.5 Å². The SMILES string of the molecule is CCOC(=O)C1=C(N)CC=C1c1ccc2c(c1OCc1ccccc1)CCCC2. The Labute approximate surface area is 172 Å². The summed E-state index contributed by atoms with van der Waals surface area (Å²) >= 11 is 0. The summed E-state index contributed by atoms with van der Waals surface area (Å²) in [7, 11) is 0. The molecule has 4 nitrogen and oxygen atoms in total. The second-order valence-electron chi connectivity index (χ2n) is 7.50. The Morgan fingerprint density at radius 2 is 1.86 bits per heavy atom. The van der Waals surface area contributed by atoms with Crippen molar-refractivity contribution in [3.8, 4) is 5.75 Å². The third-order valence-corrected chi connectivity index (χ3v) is 5.59. The average Bonchev–Trinajstić information content (AvgIpc) is 3.14. The van der Waals surface area contributed by atoms with Crippen molar-refractivity contribution in [1.29, 1.82) is 0 Å². The van der Waals surface area contributed by atoms with Gasteiger partial charge in [0.1, 0.15) is 12.4 Å². The van der Waals surface area contributed by atoms with Crippen LogP contribution < -0.4 is 10.5 Å². The first-order chi connectivity index (χ1) is 14.2. The summed E-state index contributed by atoms with van der Waals surface area (Å²) in [5.74, 6) is 0.522. The van der Waals surface area contributed by atoms with Crippen molar-refractivity contribution in [3.05, 3.63) is 82.1 Å². The van der Waals surface area contributed by atoms with E-state index in [4.69, 9.17) is 15.2 Å². The Morgan fingerprint density at radius 3 is 2.66 bits per heavy atom. The number of carbonyl (C=O) groups excluding carboxylic acids is 1. The number of fused-ring (bicyclic) bond motifs is 1. The number of benzene rings is 2. The van der Waals surface area contributed by atoms with Gasteiger partial charge in [0.25, 0.3) is 0 Å². The lowest BCUT2D eigenvalue weighted by Gasteiger charge is -2.23. The van der Waals surface area contributed by atoms with E-state index in [2.05, 4.69) is 24.3 Å². The third-order valence-electron chi connectivity index (χ3n) is 5.59. The van der Waals surface area contributed by atoms with Gasteiger partial charge in [-0.3, -0.25) is 0 Å². The van der Waals surface area contributed by atoms with E-state index in [0.717, 1.165) is 41.7 Å². The van der Waals surface area contributed by atoms with Crippen LogP contribution in [0.5, 0.6) is 5.75 Å². The van der Waals surface area contributed by atoms with Gasteiger partial charge in [0.05, 0.1) is 12.2 Å². The van der Waals surface area contributed by atoms with E-state index in [0.29, 0.717) is 30.9 Å². The van der Waals surface area contributed by atoms with E-state index in [1.807, 2.05) is 24.3 Å². The summed E-state index contributed by atoms with van der Waals surface area (Å²) in [6.45, 7) is 2.62. The maximum atomic E-state index is 12.6. The molecule has 2 aromatic rings. The van der Waals surface area contributed by atoms with Crippen LogP contribution in [0.3, 0.4) is 0 Å². The number of carbonyl (C=O) groups is 1. The van der Waals surface area contributed by atoms with E-state index >= 15 is 0 Å². The number of allylic oxidation sites excluding steroid dienone is 1. The van der Waals surface area contributed by atoms with E-state index in [1.54, 1.807) is 6.92 Å². The van der Waals surface area contributed by atoms with Gasteiger partial charge in [-0.25, -0.2) is 4.79 Å². The van der Waals surface area contributed by atoms with Crippen molar-refractivity contribution in [1.82, 2.24) is 0 Å². The molecule has 0 radical (unpaired) electrons. The number of hydrogen-bond donors (Lipinski definition) is 1. The van der Waals surface area contributed by atoms with Crippen LogP contribution >= 0.6 is 0 Å². The van der Waals surface area contributed by atoms with Crippen molar-refractivity contribution in [2.24, 2.45) is 5.73 Å². The van der Waals surface area contributed by atoms with Gasteiger partial charge in [0.2, 0.25) is 0 Å². The van der Waals surface area contributed by atoms with Crippen molar-refractivity contribution >= 4 is 11.5 Å². The largest absolute Gasteiger partial charge is 0.488 e. The number of esters is 1. The molecular formula is C25H27NO3. The van der Waals surface area contributed by atoms with E-state index < -0.39 is 0 Å². The second-order valence-corrected chi connectivity index (χ2v) is 7.50. The molecule has 2 aromatic carbocycles. The lowest BCUT2D eigenvalue weighted by Crippen LogP contribution is -2.14. The van der Waals surface area contributed by atoms with Gasteiger partial charge in [0, 0.05) is 17.7 Å². The van der Waals surface area contributed by atoms with Crippen molar-refractivity contribution < 1.29 is 14.3 Å². The smallest absolute Gasteiger partial charge is 0.340 e. The summed E-state index contributed by atoms with van der Waals surface area (Å²) in [5, 5.41) is 0. The van der Waals surface area contributed by atoms with Crippen LogP contribution in [0.4, 0.5) is 0 Å². The Morgan fingerprint density at radius 1 is 1.07 bits per heavy atom. The molecule has 0 atom stereocenters. The fourth-order valence-corrected chi connectivity index (χ4v) is 4.18. The molecule has 0 spiro atoms. The number of rotatable bonds is 6. The molecule has 0 aromatic heterocycles. The standard InChI is InChI=1S/C25H27NO3/c1-2-28-25(27)23-20(14-15-22(23)26)21-13-12-18-10-6-7-11-19(18)24(21)29-16-17-8-4-3-5-9-17/h3-5,8-9,12-14H,2,6-7,10-11,15-16,26H2,1H3. The minimum absolute atomic E-state index is 0.324. The molecule has 2 aliphatic carbocycles. The number of aryl methyl sites for hydroxylation is 1. The molecule has 0 saturated carbocycles. The minimum atomic E-state index is -0.361. The molecule has 2 aliphatic rings. The summed E-state index contributed by atoms with van der Waals surface area (Å²) in [5.41, 5.74) is 12.7. The highest BCUT2D eigenvalue weighted by Gasteiger charge is 2.29. The molecule has 0 amide bonds.